The molecule has 1 atom stereocenters. The predicted molar refractivity (Wildman–Crippen MR) is 55.0 cm³/mol. The van der Waals surface area contributed by atoms with Crippen LogP contribution in [0, 0.1) is 0 Å². The molecule has 0 amide bonds. The first-order chi connectivity index (χ1) is 7.04. The van der Waals surface area contributed by atoms with Gasteiger partial charge in [0.1, 0.15) is 10.8 Å². The van der Waals surface area contributed by atoms with E-state index in [0.717, 1.165) is 7.11 Å². The van der Waals surface area contributed by atoms with E-state index in [0.29, 0.717) is 10.2 Å². The van der Waals surface area contributed by atoms with Crippen LogP contribution in [-0.4, -0.2) is 12.2 Å². The van der Waals surface area contributed by atoms with Gasteiger partial charge in [-0.25, -0.2) is 0 Å². The highest BCUT2D eigenvalue weighted by Crippen LogP contribution is 2.37. The maximum atomic E-state index is 11.6. The lowest BCUT2D eigenvalue weighted by Gasteiger charge is -2.19. The summed E-state index contributed by atoms with van der Waals surface area (Å²) in [4.78, 5) is 11.6. The van der Waals surface area contributed by atoms with Crippen LogP contribution in [0.3, 0.4) is 0 Å². The molecule has 15 heavy (non-hydrogen) atoms. The molecular formula is C8H9N2O3PS. The van der Waals surface area contributed by atoms with E-state index in [1.54, 1.807) is 18.5 Å². The lowest BCUT2D eigenvalue weighted by Crippen LogP contribution is -2.37. The Hall–Kier alpha value is -0.810. The summed E-state index contributed by atoms with van der Waals surface area (Å²) in [6, 6.07) is 1.78. The van der Waals surface area contributed by atoms with Crippen molar-refractivity contribution < 1.29 is 18.7 Å². The first-order valence-electron chi connectivity index (χ1n) is 4.16. The fourth-order valence-electron chi connectivity index (χ4n) is 1.30. The number of aryl methyl sites for hydroxylation is 1. The van der Waals surface area contributed by atoms with Gasteiger partial charge in [-0.15, -0.1) is 11.3 Å². The van der Waals surface area contributed by atoms with Crippen LogP contribution in [-0.2, 0) is 16.1 Å². The average molecular weight is 244 g/mol. The minimum atomic E-state index is -3.97. The molecule has 2 heterocycles. The molecule has 5 nitrogen and oxygen atoms in total. The van der Waals surface area contributed by atoms with Gasteiger partial charge in [0.25, 0.3) is 0 Å². The van der Waals surface area contributed by atoms with E-state index in [2.05, 4.69) is 9.62 Å². The highest BCUT2D eigenvalue weighted by atomic mass is 32.1. The summed E-state index contributed by atoms with van der Waals surface area (Å²) in [5.74, 6) is 0. The van der Waals surface area contributed by atoms with E-state index < -0.39 is 7.60 Å². The van der Waals surface area contributed by atoms with E-state index >= 15 is 0 Å². The van der Waals surface area contributed by atoms with Crippen molar-refractivity contribution in [2.45, 2.75) is 0 Å². The van der Waals surface area contributed by atoms with Crippen LogP contribution in [0.4, 0.5) is 0 Å². The zero-order valence-corrected chi connectivity index (χ0v) is 9.92. The molecule has 0 saturated carbocycles. The van der Waals surface area contributed by atoms with Gasteiger partial charge in [0.15, 0.2) is 14.6 Å². The normalized spacial score (nSPS) is 15.4. The Labute approximate surface area is 90.5 Å². The first-order valence-corrected chi connectivity index (χ1v) is 6.58. The molecule has 0 radical (unpaired) electrons. The number of thiophene rings is 1. The third-order valence-electron chi connectivity index (χ3n) is 1.99. The highest BCUT2D eigenvalue weighted by Gasteiger charge is 2.20. The van der Waals surface area contributed by atoms with Crippen molar-refractivity contribution in [1.82, 2.24) is 5.10 Å². The number of hydrogen-bond acceptors (Lipinski definition) is 5. The summed E-state index contributed by atoms with van der Waals surface area (Å²) in [6.45, 7) is 0. The maximum absolute atomic E-state index is 11.6. The smallest absolute Gasteiger partial charge is 0.209 e. The lowest BCUT2D eigenvalue weighted by atomic mass is 10.4. The van der Waals surface area contributed by atoms with Crippen LogP contribution >= 0.6 is 18.9 Å². The van der Waals surface area contributed by atoms with Crippen molar-refractivity contribution in [2.75, 3.05) is 7.11 Å². The molecule has 80 valence electrons. The molecule has 0 N–H and O–H groups in total. The minimum Gasteiger partial charge on any atom is -0.775 e. The van der Waals surface area contributed by atoms with Gasteiger partial charge in [0, 0.05) is 12.2 Å². The number of aromatic nitrogens is 2. The molecule has 0 fully saturated rings. The third-order valence-corrected chi connectivity index (χ3v) is 4.49. The maximum Gasteiger partial charge on any atom is 0.209 e. The standard InChI is InChI=1S/C8H9N2O3PS/c1-10-5-7(14(11,12)13-2)8-6(9-10)3-4-15-8/h3-5H,1-2H3. The van der Waals surface area contributed by atoms with Gasteiger partial charge in [0.05, 0.1) is 4.70 Å². The molecule has 0 aliphatic rings. The largest absolute Gasteiger partial charge is 0.775 e. The highest BCUT2D eigenvalue weighted by molar-refractivity contribution is 7.61. The molecule has 2 aromatic rings. The van der Waals surface area contributed by atoms with Crippen molar-refractivity contribution >= 4 is 34.5 Å². The molecular weight excluding hydrogens is 235 g/mol. The number of fused-ring (bicyclic) bond motifs is 1. The van der Waals surface area contributed by atoms with E-state index in [4.69, 9.17) is 0 Å². The summed E-state index contributed by atoms with van der Waals surface area (Å²) in [5.41, 5.74) is 0.660. The molecule has 0 bridgehead atoms. The Kier molecular flexibility index (Phi) is 2.60. The van der Waals surface area contributed by atoms with Crippen LogP contribution in [0.15, 0.2) is 17.6 Å². The first kappa shape index (κ1) is 10.7. The minimum absolute atomic E-state index is 0.188. The summed E-state index contributed by atoms with van der Waals surface area (Å²) >= 11 is 1.34. The van der Waals surface area contributed by atoms with Gasteiger partial charge < -0.3 is 14.0 Å². The number of hydrogen-bond donors (Lipinski definition) is 0. The zero-order chi connectivity index (χ0) is 11.1. The van der Waals surface area contributed by atoms with Crippen LogP contribution in [0.25, 0.3) is 10.2 Å². The van der Waals surface area contributed by atoms with Crippen LogP contribution in [0.1, 0.15) is 0 Å². The van der Waals surface area contributed by atoms with Crippen molar-refractivity contribution in [3.8, 4) is 0 Å². The van der Waals surface area contributed by atoms with E-state index in [1.165, 1.54) is 22.2 Å². The second kappa shape index (κ2) is 3.64. The van der Waals surface area contributed by atoms with Gasteiger partial charge in [-0.05, 0) is 11.4 Å². The Morgan fingerprint density at radius 2 is 2.40 bits per heavy atom. The predicted octanol–water partition coefficient (Wildman–Crippen LogP) is -0.0541. The molecule has 0 saturated heterocycles. The number of rotatable bonds is 2. The van der Waals surface area contributed by atoms with E-state index in [1.807, 2.05) is 0 Å². The van der Waals surface area contributed by atoms with Gasteiger partial charge in [-0.3, -0.25) is 0 Å². The molecule has 7 heteroatoms. The van der Waals surface area contributed by atoms with Gasteiger partial charge >= 0.3 is 0 Å². The third kappa shape index (κ3) is 1.81. The molecule has 1 unspecified atom stereocenters. The van der Waals surface area contributed by atoms with Gasteiger partial charge in [0.2, 0.25) is 6.20 Å². The molecule has 0 aliphatic carbocycles. The molecule has 0 aromatic carbocycles. The molecule has 0 spiro atoms. The van der Waals surface area contributed by atoms with E-state index in [-0.39, 0.29) is 5.30 Å². The topological polar surface area (TPSA) is 66.1 Å². The van der Waals surface area contributed by atoms with Crippen molar-refractivity contribution in [1.29, 1.82) is 0 Å². The Balaban J connectivity index is 2.79. The van der Waals surface area contributed by atoms with Crippen molar-refractivity contribution in [3.63, 3.8) is 0 Å². The lowest BCUT2D eigenvalue weighted by molar-refractivity contribution is -0.727. The fraction of sp³-hybridized carbons (Fsp3) is 0.250. The summed E-state index contributed by atoms with van der Waals surface area (Å²) in [7, 11) is -1.13. The Morgan fingerprint density at radius 1 is 1.67 bits per heavy atom. The Morgan fingerprint density at radius 3 is 3.07 bits per heavy atom. The second-order valence-electron chi connectivity index (χ2n) is 3.00. The number of nitrogens with zero attached hydrogens (tertiary/aromatic N) is 2. The van der Waals surface area contributed by atoms with Crippen LogP contribution < -0.4 is 14.9 Å². The molecule has 0 aliphatic heterocycles. The fourth-order valence-corrected chi connectivity index (χ4v) is 3.40. The quantitative estimate of drug-likeness (QED) is 0.548. The summed E-state index contributed by atoms with van der Waals surface area (Å²) in [5, 5.41) is 6.15. The van der Waals surface area contributed by atoms with Crippen molar-refractivity contribution in [3.05, 3.63) is 17.6 Å². The van der Waals surface area contributed by atoms with Crippen molar-refractivity contribution in [2.24, 2.45) is 7.05 Å². The van der Waals surface area contributed by atoms with Gasteiger partial charge in [-0.1, -0.05) is 4.68 Å². The Bertz CT molecular complexity index is 554. The summed E-state index contributed by atoms with van der Waals surface area (Å²) < 4.78 is 18.3. The second-order valence-corrected chi connectivity index (χ2v) is 5.76. The SMILES string of the molecule is COP(=O)([O-])c1c[n+](C)nc2ccsc12. The van der Waals surface area contributed by atoms with Crippen LogP contribution in [0.2, 0.25) is 0 Å². The van der Waals surface area contributed by atoms with Crippen LogP contribution in [0.5, 0.6) is 0 Å². The zero-order valence-electron chi connectivity index (χ0n) is 8.21. The molecule has 2 rings (SSSR count). The monoisotopic (exact) mass is 244 g/mol. The van der Waals surface area contributed by atoms with Gasteiger partial charge in [-0.2, -0.15) is 0 Å². The van der Waals surface area contributed by atoms with E-state index in [9.17, 15) is 9.46 Å². The molecule has 2 aromatic heterocycles. The average Bonchev–Trinajstić information content (AvgIpc) is 2.63. The summed E-state index contributed by atoms with van der Waals surface area (Å²) in [6.07, 6.45) is 1.45.